The molecule has 3 aromatic rings. The molecule has 1 heterocycles. The number of carbonyl (C=O) groups is 1. The van der Waals surface area contributed by atoms with Gasteiger partial charge in [-0.15, -0.1) is 11.3 Å². The fourth-order valence-electron chi connectivity index (χ4n) is 2.47. The highest BCUT2D eigenvalue weighted by atomic mass is 32.1. The van der Waals surface area contributed by atoms with Gasteiger partial charge in [0.1, 0.15) is 5.01 Å². The Kier molecular flexibility index (Phi) is 5.91. The molecule has 0 bridgehead atoms. The van der Waals surface area contributed by atoms with Gasteiger partial charge in [-0.1, -0.05) is 36.4 Å². The van der Waals surface area contributed by atoms with Crippen LogP contribution in [0.15, 0.2) is 54.6 Å². The Balaban J connectivity index is 1.72. The van der Waals surface area contributed by atoms with Gasteiger partial charge in [0, 0.05) is 0 Å². The molecule has 0 aliphatic carbocycles. The standard InChI is InChI=1S/C23H15N3OS/c1-16-23(21(27)12-10-17-2-6-19(14-24)7-3-17)28-22(26-16)13-11-18-4-8-20(15-25)9-5-18/h2-13H,1H3/b12-10+,13-11+. The number of allylic oxidation sites excluding steroid dienone is 1. The van der Waals surface area contributed by atoms with Crippen LogP contribution in [0.25, 0.3) is 18.2 Å². The van der Waals surface area contributed by atoms with Crippen molar-refractivity contribution in [1.29, 1.82) is 10.5 Å². The molecular weight excluding hydrogens is 366 g/mol. The lowest BCUT2D eigenvalue weighted by atomic mass is 10.1. The van der Waals surface area contributed by atoms with Crippen LogP contribution in [0, 0.1) is 29.6 Å². The first-order valence-electron chi connectivity index (χ1n) is 8.47. The molecule has 0 saturated carbocycles. The number of thiazole rings is 1. The fourth-order valence-corrected chi connectivity index (χ4v) is 3.36. The van der Waals surface area contributed by atoms with Crippen LogP contribution in [0.3, 0.4) is 0 Å². The highest BCUT2D eigenvalue weighted by Crippen LogP contribution is 2.22. The maximum atomic E-state index is 12.5. The highest BCUT2D eigenvalue weighted by molar-refractivity contribution is 7.14. The second-order valence-electron chi connectivity index (χ2n) is 5.97. The summed E-state index contributed by atoms with van der Waals surface area (Å²) in [7, 11) is 0. The third kappa shape index (κ3) is 4.67. The fraction of sp³-hybridized carbons (Fsp3) is 0.0435. The molecule has 1 aromatic heterocycles. The van der Waals surface area contributed by atoms with Crippen molar-refractivity contribution in [3.05, 3.63) is 92.4 Å². The largest absolute Gasteiger partial charge is 0.288 e. The Morgan fingerprint density at radius 2 is 1.43 bits per heavy atom. The molecule has 0 radical (unpaired) electrons. The van der Waals surface area contributed by atoms with Crippen LogP contribution in [0.1, 0.15) is 42.6 Å². The Morgan fingerprint density at radius 3 is 1.96 bits per heavy atom. The maximum absolute atomic E-state index is 12.5. The van der Waals surface area contributed by atoms with E-state index in [1.54, 1.807) is 42.5 Å². The SMILES string of the molecule is Cc1nc(/C=C/c2ccc(C#N)cc2)sc1C(=O)/C=C/c1ccc(C#N)cc1. The summed E-state index contributed by atoms with van der Waals surface area (Å²) in [4.78, 5) is 17.5. The normalized spacial score (nSPS) is 10.8. The van der Waals surface area contributed by atoms with Gasteiger partial charge in [0.15, 0.2) is 5.78 Å². The third-order valence-corrected chi connectivity index (χ3v) is 5.10. The van der Waals surface area contributed by atoms with Crippen LogP contribution in [-0.4, -0.2) is 10.8 Å². The maximum Gasteiger partial charge on any atom is 0.197 e. The van der Waals surface area contributed by atoms with Crippen LogP contribution in [-0.2, 0) is 0 Å². The van der Waals surface area contributed by atoms with Crippen molar-refractivity contribution < 1.29 is 4.79 Å². The second kappa shape index (κ2) is 8.73. The van der Waals surface area contributed by atoms with Crippen LogP contribution >= 0.6 is 11.3 Å². The average molecular weight is 381 g/mol. The average Bonchev–Trinajstić information content (AvgIpc) is 3.12. The van der Waals surface area contributed by atoms with Crippen molar-refractivity contribution in [3.8, 4) is 12.1 Å². The molecule has 0 atom stereocenters. The first-order valence-corrected chi connectivity index (χ1v) is 9.29. The molecule has 0 saturated heterocycles. The van der Waals surface area contributed by atoms with Crippen molar-refractivity contribution in [3.63, 3.8) is 0 Å². The third-order valence-electron chi connectivity index (χ3n) is 3.96. The molecular formula is C23H15N3OS. The number of carbonyl (C=O) groups excluding carboxylic acids is 1. The van der Waals surface area contributed by atoms with Crippen LogP contribution in [0.2, 0.25) is 0 Å². The molecule has 5 heteroatoms. The molecule has 3 rings (SSSR count). The predicted octanol–water partition coefficient (Wildman–Crippen LogP) is 5.26. The number of nitrogens with zero attached hydrogens (tertiary/aromatic N) is 3. The molecule has 4 nitrogen and oxygen atoms in total. The van der Waals surface area contributed by atoms with Gasteiger partial charge in [0.05, 0.1) is 33.8 Å². The molecule has 2 aromatic carbocycles. The lowest BCUT2D eigenvalue weighted by molar-refractivity contribution is 0.105. The molecule has 0 N–H and O–H groups in total. The van der Waals surface area contributed by atoms with E-state index in [-0.39, 0.29) is 5.78 Å². The number of rotatable bonds is 5. The van der Waals surface area contributed by atoms with Gasteiger partial charge < -0.3 is 0 Å². The van der Waals surface area contributed by atoms with Gasteiger partial charge in [-0.2, -0.15) is 10.5 Å². The predicted molar refractivity (Wildman–Crippen MR) is 111 cm³/mol. The Hall–Kier alpha value is -3.80. The van der Waals surface area contributed by atoms with E-state index in [9.17, 15) is 4.79 Å². The number of nitriles is 2. The molecule has 0 aliphatic rings. The van der Waals surface area contributed by atoms with E-state index < -0.39 is 0 Å². The van der Waals surface area contributed by atoms with E-state index in [2.05, 4.69) is 17.1 Å². The molecule has 0 spiro atoms. The highest BCUT2D eigenvalue weighted by Gasteiger charge is 2.11. The lowest BCUT2D eigenvalue weighted by Crippen LogP contribution is -1.93. The number of hydrogen-bond donors (Lipinski definition) is 0. The Bertz CT molecular complexity index is 1140. The van der Waals surface area contributed by atoms with Crippen LogP contribution < -0.4 is 0 Å². The summed E-state index contributed by atoms with van der Waals surface area (Å²) in [6.45, 7) is 1.82. The summed E-state index contributed by atoms with van der Waals surface area (Å²) in [5, 5.41) is 18.4. The Morgan fingerprint density at radius 1 is 0.893 bits per heavy atom. The molecule has 0 fully saturated rings. The van der Waals surface area contributed by atoms with Gasteiger partial charge in [-0.05, 0) is 54.5 Å². The summed E-state index contributed by atoms with van der Waals surface area (Å²) < 4.78 is 0. The number of aryl methyl sites for hydroxylation is 1. The minimum Gasteiger partial charge on any atom is -0.288 e. The monoisotopic (exact) mass is 381 g/mol. The second-order valence-corrected chi connectivity index (χ2v) is 7.00. The molecule has 134 valence electrons. The van der Waals surface area contributed by atoms with Gasteiger partial charge in [-0.25, -0.2) is 4.98 Å². The lowest BCUT2D eigenvalue weighted by Gasteiger charge is -1.94. The zero-order valence-electron chi connectivity index (χ0n) is 15.1. The minimum atomic E-state index is -0.0996. The summed E-state index contributed by atoms with van der Waals surface area (Å²) in [6.07, 6.45) is 7.02. The van der Waals surface area contributed by atoms with E-state index in [4.69, 9.17) is 10.5 Å². The molecule has 28 heavy (non-hydrogen) atoms. The number of hydrogen-bond acceptors (Lipinski definition) is 5. The molecule has 0 aliphatic heterocycles. The number of benzene rings is 2. The van der Waals surface area contributed by atoms with E-state index in [1.165, 1.54) is 17.4 Å². The van der Waals surface area contributed by atoms with Crippen molar-refractivity contribution >= 4 is 35.3 Å². The Labute approximate surface area is 167 Å². The summed E-state index contributed by atoms with van der Waals surface area (Å²) in [5.74, 6) is -0.0996. The quantitative estimate of drug-likeness (QED) is 0.446. The first-order chi connectivity index (χ1) is 13.6. The van der Waals surface area contributed by atoms with Gasteiger partial charge in [-0.3, -0.25) is 4.79 Å². The summed E-state index contributed by atoms with van der Waals surface area (Å²) in [6, 6.07) is 18.4. The van der Waals surface area contributed by atoms with Crippen molar-refractivity contribution in [2.45, 2.75) is 6.92 Å². The molecule has 0 amide bonds. The topological polar surface area (TPSA) is 77.5 Å². The number of ketones is 1. The summed E-state index contributed by atoms with van der Waals surface area (Å²) in [5.41, 5.74) is 3.71. The zero-order valence-corrected chi connectivity index (χ0v) is 15.9. The van der Waals surface area contributed by atoms with Gasteiger partial charge in [0.25, 0.3) is 0 Å². The van der Waals surface area contributed by atoms with Crippen molar-refractivity contribution in [2.75, 3.05) is 0 Å². The summed E-state index contributed by atoms with van der Waals surface area (Å²) >= 11 is 1.34. The number of aromatic nitrogens is 1. The first kappa shape index (κ1) is 19.0. The van der Waals surface area contributed by atoms with E-state index in [1.807, 2.05) is 31.2 Å². The van der Waals surface area contributed by atoms with E-state index in [0.29, 0.717) is 21.7 Å². The minimum absolute atomic E-state index is 0.0996. The van der Waals surface area contributed by atoms with Crippen LogP contribution in [0.4, 0.5) is 0 Å². The van der Waals surface area contributed by atoms with Gasteiger partial charge >= 0.3 is 0 Å². The van der Waals surface area contributed by atoms with Crippen molar-refractivity contribution in [2.24, 2.45) is 0 Å². The van der Waals surface area contributed by atoms with E-state index in [0.717, 1.165) is 16.1 Å². The smallest absolute Gasteiger partial charge is 0.197 e. The molecule has 0 unspecified atom stereocenters. The van der Waals surface area contributed by atoms with Crippen molar-refractivity contribution in [1.82, 2.24) is 4.98 Å². The van der Waals surface area contributed by atoms with Gasteiger partial charge in [0.2, 0.25) is 0 Å². The zero-order chi connectivity index (χ0) is 19.9. The van der Waals surface area contributed by atoms with Crippen LogP contribution in [0.5, 0.6) is 0 Å². The van der Waals surface area contributed by atoms with E-state index >= 15 is 0 Å².